The summed E-state index contributed by atoms with van der Waals surface area (Å²) in [5.74, 6) is 0.970. The van der Waals surface area contributed by atoms with Crippen LogP contribution in [0.5, 0.6) is 5.75 Å². The topological polar surface area (TPSA) is 29.5 Å². The van der Waals surface area contributed by atoms with E-state index in [-0.39, 0.29) is 0 Å². The van der Waals surface area contributed by atoms with Gasteiger partial charge in [0.05, 0.1) is 12.7 Å². The Labute approximate surface area is 104 Å². The second-order valence-electron chi connectivity index (χ2n) is 4.26. The van der Waals surface area contributed by atoms with Gasteiger partial charge in [-0.05, 0) is 34.7 Å². The van der Waals surface area contributed by atoms with Crippen molar-refractivity contribution >= 4 is 11.3 Å². The summed E-state index contributed by atoms with van der Waals surface area (Å²) in [6.07, 6.45) is 1.23. The molecule has 88 valence electrons. The third-order valence-corrected chi connectivity index (χ3v) is 3.97. The van der Waals surface area contributed by atoms with Gasteiger partial charge in [-0.15, -0.1) is 11.3 Å². The number of fused-ring (bicyclic) bond motifs is 1. The van der Waals surface area contributed by atoms with Gasteiger partial charge in [0.25, 0.3) is 0 Å². The van der Waals surface area contributed by atoms with E-state index >= 15 is 0 Å². The van der Waals surface area contributed by atoms with E-state index in [9.17, 15) is 5.11 Å². The van der Waals surface area contributed by atoms with Crippen molar-refractivity contribution in [2.45, 2.75) is 18.9 Å². The zero-order chi connectivity index (χ0) is 11.7. The monoisotopic (exact) mass is 246 g/mol. The molecular weight excluding hydrogens is 232 g/mol. The van der Waals surface area contributed by atoms with Crippen molar-refractivity contribution < 1.29 is 9.84 Å². The molecule has 3 heteroatoms. The Balaban J connectivity index is 1.79. The van der Waals surface area contributed by atoms with Crippen LogP contribution in [0.3, 0.4) is 0 Å². The first-order valence-electron chi connectivity index (χ1n) is 5.79. The molecule has 0 fully saturated rings. The maximum Gasteiger partial charge on any atom is 0.122 e. The summed E-state index contributed by atoms with van der Waals surface area (Å²) in [4.78, 5) is 1.22. The number of aliphatic hydroxyl groups is 1. The van der Waals surface area contributed by atoms with Crippen LogP contribution >= 0.6 is 11.3 Å². The molecule has 0 aliphatic carbocycles. The Morgan fingerprint density at radius 3 is 3.12 bits per heavy atom. The fraction of sp³-hybridized carbons (Fsp3) is 0.286. The van der Waals surface area contributed by atoms with E-state index in [2.05, 4.69) is 12.1 Å². The zero-order valence-corrected chi connectivity index (χ0v) is 10.2. The Morgan fingerprint density at radius 1 is 1.35 bits per heavy atom. The zero-order valence-electron chi connectivity index (χ0n) is 9.43. The van der Waals surface area contributed by atoms with Crippen molar-refractivity contribution in [2.75, 3.05) is 6.61 Å². The summed E-state index contributed by atoms with van der Waals surface area (Å²) in [5, 5.41) is 12.2. The van der Waals surface area contributed by atoms with Crippen molar-refractivity contribution in [1.82, 2.24) is 0 Å². The summed E-state index contributed by atoms with van der Waals surface area (Å²) >= 11 is 1.69. The van der Waals surface area contributed by atoms with Crippen molar-refractivity contribution in [3.8, 4) is 5.75 Å². The highest BCUT2D eigenvalue weighted by Gasteiger charge is 2.15. The van der Waals surface area contributed by atoms with Crippen LogP contribution in [-0.4, -0.2) is 11.7 Å². The highest BCUT2D eigenvalue weighted by Crippen LogP contribution is 2.29. The lowest BCUT2D eigenvalue weighted by molar-refractivity contribution is 0.179. The second kappa shape index (κ2) is 4.51. The minimum absolute atomic E-state index is 0.417. The molecule has 2 heterocycles. The lowest BCUT2D eigenvalue weighted by Crippen LogP contribution is -2.00. The van der Waals surface area contributed by atoms with Crippen molar-refractivity contribution in [3.63, 3.8) is 0 Å². The van der Waals surface area contributed by atoms with Gasteiger partial charge < -0.3 is 9.84 Å². The molecule has 0 saturated heterocycles. The molecule has 0 saturated carbocycles. The van der Waals surface area contributed by atoms with E-state index in [1.165, 1.54) is 10.4 Å². The number of ether oxygens (including phenoxy) is 1. The Morgan fingerprint density at radius 2 is 2.29 bits per heavy atom. The number of hydrogen-bond acceptors (Lipinski definition) is 3. The lowest BCUT2D eigenvalue weighted by atomic mass is 10.0. The standard InChI is InChI=1S/C14H14O2S/c15-13(9-12-2-1-7-17-12)10-3-4-14-11(8-10)5-6-16-14/h1-4,7-8,13,15H,5-6,9H2. The molecule has 2 nitrogen and oxygen atoms in total. The molecule has 1 aliphatic rings. The Bertz CT molecular complexity index is 505. The van der Waals surface area contributed by atoms with Crippen LogP contribution in [0, 0.1) is 0 Å². The third kappa shape index (κ3) is 2.21. The van der Waals surface area contributed by atoms with Crippen LogP contribution in [0.15, 0.2) is 35.7 Å². The van der Waals surface area contributed by atoms with E-state index in [1.807, 2.05) is 23.6 Å². The minimum Gasteiger partial charge on any atom is -0.493 e. The van der Waals surface area contributed by atoms with Gasteiger partial charge in [-0.25, -0.2) is 0 Å². The highest BCUT2D eigenvalue weighted by molar-refractivity contribution is 7.09. The summed E-state index contributed by atoms with van der Waals surface area (Å²) in [6.45, 7) is 0.764. The van der Waals surface area contributed by atoms with E-state index < -0.39 is 6.10 Å². The van der Waals surface area contributed by atoms with E-state index in [0.717, 1.165) is 24.3 Å². The highest BCUT2D eigenvalue weighted by atomic mass is 32.1. The summed E-state index contributed by atoms with van der Waals surface area (Å²) in [6, 6.07) is 10.1. The van der Waals surface area contributed by atoms with Crippen LogP contribution in [0.4, 0.5) is 0 Å². The van der Waals surface area contributed by atoms with Crippen molar-refractivity contribution in [3.05, 3.63) is 51.7 Å². The molecule has 1 aliphatic heterocycles. The van der Waals surface area contributed by atoms with Gasteiger partial charge in [0.1, 0.15) is 5.75 Å². The van der Waals surface area contributed by atoms with Gasteiger partial charge in [-0.3, -0.25) is 0 Å². The van der Waals surface area contributed by atoms with Gasteiger partial charge in [0.15, 0.2) is 0 Å². The Kier molecular flexibility index (Phi) is 2.87. The molecule has 3 rings (SSSR count). The van der Waals surface area contributed by atoms with E-state index in [0.29, 0.717) is 6.42 Å². The molecule has 1 N–H and O–H groups in total. The normalized spacial score (nSPS) is 15.4. The summed E-state index contributed by atoms with van der Waals surface area (Å²) in [5.41, 5.74) is 2.20. The second-order valence-corrected chi connectivity index (χ2v) is 5.30. The molecule has 1 aromatic heterocycles. The molecular formula is C14H14O2S. The molecule has 0 spiro atoms. The van der Waals surface area contributed by atoms with Crippen LogP contribution in [-0.2, 0) is 12.8 Å². The van der Waals surface area contributed by atoms with Gasteiger partial charge in [0, 0.05) is 17.7 Å². The molecule has 1 unspecified atom stereocenters. The predicted octanol–water partition coefficient (Wildman–Crippen LogP) is 2.96. The van der Waals surface area contributed by atoms with Crippen LogP contribution in [0.25, 0.3) is 0 Å². The molecule has 17 heavy (non-hydrogen) atoms. The quantitative estimate of drug-likeness (QED) is 0.902. The van der Waals surface area contributed by atoms with Gasteiger partial charge >= 0.3 is 0 Å². The molecule has 1 atom stereocenters. The Hall–Kier alpha value is -1.32. The maximum atomic E-state index is 10.2. The number of rotatable bonds is 3. The first kappa shape index (κ1) is 10.8. The largest absolute Gasteiger partial charge is 0.493 e. The molecule has 2 aromatic rings. The van der Waals surface area contributed by atoms with Gasteiger partial charge in [-0.1, -0.05) is 12.1 Å². The SMILES string of the molecule is OC(Cc1cccs1)c1ccc2c(c1)CCO2. The fourth-order valence-corrected chi connectivity index (χ4v) is 2.89. The third-order valence-electron chi connectivity index (χ3n) is 3.07. The molecule has 0 radical (unpaired) electrons. The fourth-order valence-electron chi connectivity index (χ4n) is 2.15. The lowest BCUT2D eigenvalue weighted by Gasteiger charge is -2.11. The molecule has 1 aromatic carbocycles. The summed E-state index contributed by atoms with van der Waals surface area (Å²) in [7, 11) is 0. The van der Waals surface area contributed by atoms with Gasteiger partial charge in [-0.2, -0.15) is 0 Å². The van der Waals surface area contributed by atoms with Crippen molar-refractivity contribution in [1.29, 1.82) is 0 Å². The number of aliphatic hydroxyl groups excluding tert-OH is 1. The number of thiophene rings is 1. The smallest absolute Gasteiger partial charge is 0.122 e. The molecule has 0 bridgehead atoms. The molecule has 0 amide bonds. The van der Waals surface area contributed by atoms with Crippen LogP contribution in [0.1, 0.15) is 22.1 Å². The number of hydrogen-bond donors (Lipinski definition) is 1. The van der Waals surface area contributed by atoms with Gasteiger partial charge in [0.2, 0.25) is 0 Å². The van der Waals surface area contributed by atoms with Crippen LogP contribution in [0.2, 0.25) is 0 Å². The minimum atomic E-state index is -0.417. The first-order chi connectivity index (χ1) is 8.33. The van der Waals surface area contributed by atoms with Crippen LogP contribution < -0.4 is 4.74 Å². The predicted molar refractivity (Wildman–Crippen MR) is 68.6 cm³/mol. The summed E-state index contributed by atoms with van der Waals surface area (Å²) < 4.78 is 5.46. The average molecular weight is 246 g/mol. The number of benzene rings is 1. The van der Waals surface area contributed by atoms with E-state index in [4.69, 9.17) is 4.74 Å². The van der Waals surface area contributed by atoms with E-state index in [1.54, 1.807) is 11.3 Å². The average Bonchev–Trinajstić information content (AvgIpc) is 2.97. The van der Waals surface area contributed by atoms with Crippen molar-refractivity contribution in [2.24, 2.45) is 0 Å². The first-order valence-corrected chi connectivity index (χ1v) is 6.67. The maximum absolute atomic E-state index is 10.2.